The van der Waals surface area contributed by atoms with Gasteiger partial charge in [0.25, 0.3) is 5.91 Å². The van der Waals surface area contributed by atoms with E-state index in [1.165, 1.54) is 0 Å². The maximum absolute atomic E-state index is 11.9. The van der Waals surface area contributed by atoms with Gasteiger partial charge in [-0.25, -0.2) is 0 Å². The number of fused-ring (bicyclic) bond motifs is 1. The summed E-state index contributed by atoms with van der Waals surface area (Å²) in [6, 6.07) is 9.01. The van der Waals surface area contributed by atoms with Crippen LogP contribution in [0.3, 0.4) is 0 Å². The molecule has 2 aromatic rings. The summed E-state index contributed by atoms with van der Waals surface area (Å²) in [4.78, 5) is 11.9. The van der Waals surface area contributed by atoms with Gasteiger partial charge in [0, 0.05) is 16.3 Å². The van der Waals surface area contributed by atoms with Crippen LogP contribution in [0.15, 0.2) is 34.7 Å². The second kappa shape index (κ2) is 4.03. The van der Waals surface area contributed by atoms with E-state index in [2.05, 4.69) is 5.32 Å². The van der Waals surface area contributed by atoms with Crippen molar-refractivity contribution in [1.82, 2.24) is 0 Å². The Kier molecular flexibility index (Phi) is 2.49. The normalized spacial score (nSPS) is 15.9. The van der Waals surface area contributed by atoms with Crippen LogP contribution in [0.2, 0.25) is 5.02 Å². The van der Waals surface area contributed by atoms with Gasteiger partial charge in [-0.05, 0) is 43.3 Å². The van der Waals surface area contributed by atoms with E-state index in [1.807, 2.05) is 19.1 Å². The van der Waals surface area contributed by atoms with Gasteiger partial charge in [-0.1, -0.05) is 11.6 Å². The molecule has 0 saturated heterocycles. The molecule has 90 valence electrons. The fraction of sp³-hybridized carbons (Fsp3) is 0.0714. The Bertz CT molecular complexity index is 670. The standard InChI is InChI=1S/C14H10ClNO2/c1-8-2-4-10(18-8)7-12-11-6-9(15)3-5-13(11)16-14(12)17/h2-7H,1H3,(H,16,17)/b12-7+. The minimum absolute atomic E-state index is 0.138. The second-order valence-corrected chi connectivity index (χ2v) is 4.59. The molecule has 18 heavy (non-hydrogen) atoms. The molecule has 1 aromatic carbocycles. The zero-order valence-corrected chi connectivity index (χ0v) is 10.4. The van der Waals surface area contributed by atoms with Crippen LogP contribution in [0.1, 0.15) is 17.1 Å². The van der Waals surface area contributed by atoms with Crippen molar-refractivity contribution < 1.29 is 9.21 Å². The van der Waals surface area contributed by atoms with Gasteiger partial charge < -0.3 is 9.73 Å². The fourth-order valence-corrected chi connectivity index (χ4v) is 2.15. The number of hydrogen-bond acceptors (Lipinski definition) is 2. The first-order valence-electron chi connectivity index (χ1n) is 5.53. The summed E-state index contributed by atoms with van der Waals surface area (Å²) in [6.07, 6.45) is 1.73. The number of benzene rings is 1. The topological polar surface area (TPSA) is 42.2 Å². The summed E-state index contributed by atoms with van der Waals surface area (Å²) in [5.74, 6) is 1.33. The third-order valence-corrected chi connectivity index (χ3v) is 3.05. The summed E-state index contributed by atoms with van der Waals surface area (Å²) in [5.41, 5.74) is 2.15. The van der Waals surface area contributed by atoms with Gasteiger partial charge >= 0.3 is 0 Å². The van der Waals surface area contributed by atoms with Crippen LogP contribution in [0.4, 0.5) is 5.69 Å². The Balaban J connectivity index is 2.11. The minimum atomic E-state index is -0.138. The SMILES string of the molecule is Cc1ccc(/C=C2/C(=O)Nc3ccc(Cl)cc32)o1. The summed E-state index contributed by atoms with van der Waals surface area (Å²) < 4.78 is 5.45. The van der Waals surface area contributed by atoms with E-state index in [0.29, 0.717) is 16.4 Å². The minimum Gasteiger partial charge on any atom is -0.462 e. The molecule has 0 bridgehead atoms. The number of hydrogen-bond donors (Lipinski definition) is 1. The Morgan fingerprint density at radius 2 is 2.11 bits per heavy atom. The van der Waals surface area contributed by atoms with E-state index >= 15 is 0 Å². The summed E-state index contributed by atoms with van der Waals surface area (Å²) in [5, 5.41) is 3.40. The van der Waals surface area contributed by atoms with Gasteiger partial charge in [0.15, 0.2) is 0 Å². The number of aryl methyl sites for hydroxylation is 1. The molecule has 0 unspecified atom stereocenters. The number of carbonyl (C=O) groups is 1. The van der Waals surface area contributed by atoms with Crippen LogP contribution >= 0.6 is 11.6 Å². The molecule has 0 spiro atoms. The molecule has 4 heteroatoms. The van der Waals surface area contributed by atoms with E-state index in [4.69, 9.17) is 16.0 Å². The average molecular weight is 260 g/mol. The smallest absolute Gasteiger partial charge is 0.256 e. The van der Waals surface area contributed by atoms with Crippen LogP contribution < -0.4 is 5.32 Å². The molecule has 1 amide bonds. The van der Waals surface area contributed by atoms with Gasteiger partial charge in [0.1, 0.15) is 11.5 Å². The Hall–Kier alpha value is -2.00. The number of amides is 1. The summed E-state index contributed by atoms with van der Waals surface area (Å²) in [7, 11) is 0. The van der Waals surface area contributed by atoms with Crippen molar-refractivity contribution in [2.24, 2.45) is 0 Å². The van der Waals surface area contributed by atoms with Gasteiger partial charge in [-0.2, -0.15) is 0 Å². The largest absolute Gasteiger partial charge is 0.462 e. The molecular weight excluding hydrogens is 250 g/mol. The number of carbonyl (C=O) groups excluding carboxylic acids is 1. The van der Waals surface area contributed by atoms with Crippen LogP contribution in [-0.4, -0.2) is 5.91 Å². The highest BCUT2D eigenvalue weighted by atomic mass is 35.5. The zero-order chi connectivity index (χ0) is 12.7. The maximum Gasteiger partial charge on any atom is 0.256 e. The monoisotopic (exact) mass is 259 g/mol. The predicted molar refractivity (Wildman–Crippen MR) is 71.4 cm³/mol. The van der Waals surface area contributed by atoms with Crippen LogP contribution in [0.5, 0.6) is 0 Å². The molecule has 2 heterocycles. The predicted octanol–water partition coefficient (Wildman–Crippen LogP) is 3.73. The lowest BCUT2D eigenvalue weighted by molar-refractivity contribution is -0.110. The van der Waals surface area contributed by atoms with Crippen LogP contribution in [0, 0.1) is 6.92 Å². The quantitative estimate of drug-likeness (QED) is 0.793. The van der Waals surface area contributed by atoms with Crippen molar-refractivity contribution in [1.29, 1.82) is 0 Å². The van der Waals surface area contributed by atoms with E-state index in [0.717, 1.165) is 17.0 Å². The van der Waals surface area contributed by atoms with E-state index < -0.39 is 0 Å². The third kappa shape index (κ3) is 1.83. The number of halogens is 1. The first-order valence-corrected chi connectivity index (χ1v) is 5.91. The maximum atomic E-state index is 11.9. The summed E-state index contributed by atoms with van der Waals surface area (Å²) >= 11 is 5.95. The Labute approximate surface area is 109 Å². The Morgan fingerprint density at radius 1 is 1.28 bits per heavy atom. The molecule has 0 fully saturated rings. The van der Waals surface area contributed by atoms with Crippen molar-refractivity contribution in [3.63, 3.8) is 0 Å². The van der Waals surface area contributed by atoms with Gasteiger partial charge in [0.2, 0.25) is 0 Å². The fourth-order valence-electron chi connectivity index (χ4n) is 1.98. The number of nitrogens with one attached hydrogen (secondary N) is 1. The molecule has 3 nitrogen and oxygen atoms in total. The average Bonchev–Trinajstić information content (AvgIpc) is 2.86. The molecule has 1 aromatic heterocycles. The first kappa shape index (κ1) is 11.1. The molecule has 0 saturated carbocycles. The number of rotatable bonds is 1. The summed E-state index contributed by atoms with van der Waals surface area (Å²) in [6.45, 7) is 1.86. The molecule has 1 aliphatic rings. The van der Waals surface area contributed by atoms with Crippen molar-refractivity contribution >= 4 is 34.8 Å². The van der Waals surface area contributed by atoms with E-state index in [-0.39, 0.29) is 5.91 Å². The van der Waals surface area contributed by atoms with Crippen molar-refractivity contribution in [3.8, 4) is 0 Å². The van der Waals surface area contributed by atoms with Crippen molar-refractivity contribution in [2.45, 2.75) is 6.92 Å². The highest BCUT2D eigenvalue weighted by Gasteiger charge is 2.24. The molecule has 1 N–H and O–H groups in total. The van der Waals surface area contributed by atoms with Gasteiger partial charge in [-0.15, -0.1) is 0 Å². The molecule has 1 aliphatic heterocycles. The number of anilines is 1. The third-order valence-electron chi connectivity index (χ3n) is 2.81. The lowest BCUT2D eigenvalue weighted by atomic mass is 10.1. The Morgan fingerprint density at radius 3 is 2.83 bits per heavy atom. The van der Waals surface area contributed by atoms with Crippen LogP contribution in [-0.2, 0) is 4.79 Å². The highest BCUT2D eigenvalue weighted by Crippen LogP contribution is 2.35. The molecule has 0 aliphatic carbocycles. The molecule has 0 radical (unpaired) electrons. The molecule has 3 rings (SSSR count). The zero-order valence-electron chi connectivity index (χ0n) is 9.66. The van der Waals surface area contributed by atoms with Crippen molar-refractivity contribution in [2.75, 3.05) is 5.32 Å². The van der Waals surface area contributed by atoms with Gasteiger partial charge in [-0.3, -0.25) is 4.79 Å². The van der Waals surface area contributed by atoms with E-state index in [9.17, 15) is 4.79 Å². The number of furan rings is 1. The second-order valence-electron chi connectivity index (χ2n) is 4.15. The lowest BCUT2D eigenvalue weighted by Gasteiger charge is -1.98. The van der Waals surface area contributed by atoms with Crippen LogP contribution in [0.25, 0.3) is 11.6 Å². The van der Waals surface area contributed by atoms with Gasteiger partial charge in [0.05, 0.1) is 5.57 Å². The lowest BCUT2D eigenvalue weighted by Crippen LogP contribution is -2.03. The first-order chi connectivity index (χ1) is 8.63. The highest BCUT2D eigenvalue weighted by molar-refractivity contribution is 6.36. The van der Waals surface area contributed by atoms with E-state index in [1.54, 1.807) is 24.3 Å². The van der Waals surface area contributed by atoms with Crippen molar-refractivity contribution in [3.05, 3.63) is 52.4 Å². The molecular formula is C14H10ClNO2. The molecule has 0 atom stereocenters.